The lowest BCUT2D eigenvalue weighted by Crippen LogP contribution is -2.14. The summed E-state index contributed by atoms with van der Waals surface area (Å²) in [4.78, 5) is 12.3. The van der Waals surface area contributed by atoms with Gasteiger partial charge in [-0.3, -0.25) is 4.79 Å². The molecule has 0 aromatic heterocycles. The van der Waals surface area contributed by atoms with Crippen molar-refractivity contribution in [1.29, 1.82) is 0 Å². The van der Waals surface area contributed by atoms with Crippen LogP contribution in [-0.2, 0) is 5.41 Å². The van der Waals surface area contributed by atoms with E-state index >= 15 is 0 Å². The van der Waals surface area contributed by atoms with Crippen molar-refractivity contribution in [3.63, 3.8) is 0 Å². The van der Waals surface area contributed by atoms with Crippen LogP contribution in [0.4, 0.5) is 5.69 Å². The Morgan fingerprint density at radius 3 is 2.19 bits per heavy atom. The molecule has 0 heterocycles. The van der Waals surface area contributed by atoms with Crippen LogP contribution in [0.1, 0.15) is 42.3 Å². The van der Waals surface area contributed by atoms with E-state index in [1.165, 1.54) is 5.56 Å². The first-order valence-electron chi connectivity index (χ1n) is 6.95. The van der Waals surface area contributed by atoms with Crippen LogP contribution in [0.2, 0.25) is 0 Å². The molecule has 0 atom stereocenters. The van der Waals surface area contributed by atoms with E-state index in [9.17, 15) is 4.79 Å². The van der Waals surface area contributed by atoms with Gasteiger partial charge in [-0.15, -0.1) is 0 Å². The molecule has 0 aliphatic rings. The number of aryl methyl sites for hydroxylation is 1. The molecule has 1 N–H and O–H groups in total. The number of carbonyl (C=O) groups excluding carboxylic acids is 1. The maximum absolute atomic E-state index is 12.3. The molecule has 0 unspecified atom stereocenters. The highest BCUT2D eigenvalue weighted by Gasteiger charge is 2.14. The van der Waals surface area contributed by atoms with E-state index < -0.39 is 0 Å². The summed E-state index contributed by atoms with van der Waals surface area (Å²) in [6.45, 7) is 8.51. The Labute approximate surface area is 134 Å². The van der Waals surface area contributed by atoms with E-state index in [4.69, 9.17) is 0 Å². The molecule has 3 heteroatoms. The average molecular weight is 346 g/mol. The summed E-state index contributed by atoms with van der Waals surface area (Å²) >= 11 is 3.44. The second-order valence-electron chi connectivity index (χ2n) is 6.26. The molecule has 0 saturated heterocycles. The zero-order valence-corrected chi connectivity index (χ0v) is 14.4. The Morgan fingerprint density at radius 2 is 1.67 bits per heavy atom. The fourth-order valence-electron chi connectivity index (χ4n) is 2.06. The van der Waals surface area contributed by atoms with Crippen LogP contribution in [0, 0.1) is 6.92 Å². The molecule has 0 spiro atoms. The molecule has 0 saturated carbocycles. The standard InChI is InChI=1S/C18H20BrNO/c1-12-5-10-15(16(19)11-12)17(21)20-14-8-6-13(7-9-14)18(2,3)4/h5-11H,1-4H3,(H,20,21). The molecular formula is C18H20BrNO. The van der Waals surface area contributed by atoms with Crippen molar-refractivity contribution < 1.29 is 4.79 Å². The molecule has 0 bridgehead atoms. The van der Waals surface area contributed by atoms with Crippen molar-refractivity contribution in [2.75, 3.05) is 5.32 Å². The highest BCUT2D eigenvalue weighted by Crippen LogP contribution is 2.24. The molecular weight excluding hydrogens is 326 g/mol. The van der Waals surface area contributed by atoms with E-state index in [-0.39, 0.29) is 11.3 Å². The normalized spacial score (nSPS) is 11.3. The summed E-state index contributed by atoms with van der Waals surface area (Å²) in [5, 5.41) is 2.93. The number of benzene rings is 2. The molecule has 110 valence electrons. The second kappa shape index (κ2) is 6.02. The minimum Gasteiger partial charge on any atom is -0.322 e. The SMILES string of the molecule is Cc1ccc(C(=O)Nc2ccc(C(C)(C)C)cc2)c(Br)c1. The van der Waals surface area contributed by atoms with Crippen molar-refractivity contribution in [2.24, 2.45) is 0 Å². The molecule has 0 radical (unpaired) electrons. The molecule has 0 aliphatic heterocycles. The number of hydrogen-bond acceptors (Lipinski definition) is 1. The third-order valence-electron chi connectivity index (χ3n) is 3.38. The predicted molar refractivity (Wildman–Crippen MR) is 92.0 cm³/mol. The number of nitrogens with one attached hydrogen (secondary N) is 1. The lowest BCUT2D eigenvalue weighted by atomic mass is 9.87. The summed E-state index contributed by atoms with van der Waals surface area (Å²) in [5.74, 6) is -0.106. The van der Waals surface area contributed by atoms with Gasteiger partial charge in [-0.25, -0.2) is 0 Å². The molecule has 0 fully saturated rings. The summed E-state index contributed by atoms with van der Waals surface area (Å²) in [6.07, 6.45) is 0. The summed E-state index contributed by atoms with van der Waals surface area (Å²) in [5.41, 5.74) is 3.92. The summed E-state index contributed by atoms with van der Waals surface area (Å²) in [7, 11) is 0. The van der Waals surface area contributed by atoms with Gasteiger partial charge in [0, 0.05) is 10.2 Å². The highest BCUT2D eigenvalue weighted by molar-refractivity contribution is 9.10. The van der Waals surface area contributed by atoms with Gasteiger partial charge in [0.25, 0.3) is 5.91 Å². The molecule has 0 aliphatic carbocycles. The Hall–Kier alpha value is -1.61. The number of rotatable bonds is 2. The minimum atomic E-state index is -0.106. The van der Waals surface area contributed by atoms with Crippen molar-refractivity contribution in [2.45, 2.75) is 33.1 Å². The van der Waals surface area contributed by atoms with Crippen LogP contribution in [0.15, 0.2) is 46.9 Å². The number of halogens is 1. The lowest BCUT2D eigenvalue weighted by molar-refractivity contribution is 0.102. The lowest BCUT2D eigenvalue weighted by Gasteiger charge is -2.19. The van der Waals surface area contributed by atoms with E-state index in [1.54, 1.807) is 0 Å². The van der Waals surface area contributed by atoms with Crippen molar-refractivity contribution >= 4 is 27.5 Å². The van der Waals surface area contributed by atoms with Crippen molar-refractivity contribution in [3.05, 3.63) is 63.6 Å². The van der Waals surface area contributed by atoms with Crippen LogP contribution in [0.3, 0.4) is 0 Å². The molecule has 2 nitrogen and oxygen atoms in total. The molecule has 1 amide bonds. The number of hydrogen-bond donors (Lipinski definition) is 1. The first kappa shape index (κ1) is 15.8. The monoisotopic (exact) mass is 345 g/mol. The van der Waals surface area contributed by atoms with Gasteiger partial charge in [-0.1, -0.05) is 39.0 Å². The van der Waals surface area contributed by atoms with Gasteiger partial charge in [-0.05, 0) is 63.7 Å². The smallest absolute Gasteiger partial charge is 0.256 e. The van der Waals surface area contributed by atoms with Crippen LogP contribution in [0.5, 0.6) is 0 Å². The molecule has 21 heavy (non-hydrogen) atoms. The first-order valence-corrected chi connectivity index (χ1v) is 7.75. The Kier molecular flexibility index (Phi) is 4.52. The largest absolute Gasteiger partial charge is 0.322 e. The van der Waals surface area contributed by atoms with Crippen molar-refractivity contribution in [3.8, 4) is 0 Å². The van der Waals surface area contributed by atoms with E-state index in [0.717, 1.165) is 15.7 Å². The minimum absolute atomic E-state index is 0.106. The molecule has 2 aromatic rings. The van der Waals surface area contributed by atoms with Gasteiger partial charge >= 0.3 is 0 Å². The van der Waals surface area contributed by atoms with Crippen LogP contribution >= 0.6 is 15.9 Å². The summed E-state index contributed by atoms with van der Waals surface area (Å²) in [6, 6.07) is 13.7. The van der Waals surface area contributed by atoms with Gasteiger partial charge in [0.1, 0.15) is 0 Å². The fraction of sp³-hybridized carbons (Fsp3) is 0.278. The topological polar surface area (TPSA) is 29.1 Å². The van der Waals surface area contributed by atoms with Crippen LogP contribution in [-0.4, -0.2) is 5.91 Å². The van der Waals surface area contributed by atoms with Gasteiger partial charge < -0.3 is 5.32 Å². The first-order chi connectivity index (χ1) is 9.77. The number of carbonyl (C=O) groups is 1. The van der Waals surface area contributed by atoms with Crippen LogP contribution < -0.4 is 5.32 Å². The van der Waals surface area contributed by atoms with Gasteiger partial charge in [-0.2, -0.15) is 0 Å². The highest BCUT2D eigenvalue weighted by atomic mass is 79.9. The second-order valence-corrected chi connectivity index (χ2v) is 7.12. The average Bonchev–Trinajstić information content (AvgIpc) is 2.38. The number of anilines is 1. The third kappa shape index (κ3) is 3.94. The quantitative estimate of drug-likeness (QED) is 0.785. The third-order valence-corrected chi connectivity index (χ3v) is 4.03. The Morgan fingerprint density at radius 1 is 1.05 bits per heavy atom. The van der Waals surface area contributed by atoms with E-state index in [0.29, 0.717) is 5.56 Å². The maximum atomic E-state index is 12.3. The van der Waals surface area contributed by atoms with Crippen molar-refractivity contribution in [1.82, 2.24) is 0 Å². The zero-order valence-electron chi connectivity index (χ0n) is 12.8. The predicted octanol–water partition coefficient (Wildman–Crippen LogP) is 5.31. The Balaban J connectivity index is 2.16. The maximum Gasteiger partial charge on any atom is 0.256 e. The van der Waals surface area contributed by atoms with Gasteiger partial charge in [0.05, 0.1) is 5.56 Å². The molecule has 2 aromatic carbocycles. The number of amides is 1. The summed E-state index contributed by atoms with van der Waals surface area (Å²) < 4.78 is 0.811. The fourth-order valence-corrected chi connectivity index (χ4v) is 2.73. The molecule has 2 rings (SSSR count). The van der Waals surface area contributed by atoms with Gasteiger partial charge in [0.2, 0.25) is 0 Å². The van der Waals surface area contributed by atoms with Gasteiger partial charge in [0.15, 0.2) is 0 Å². The Bertz CT molecular complexity index is 654. The van der Waals surface area contributed by atoms with E-state index in [2.05, 4.69) is 54.2 Å². The van der Waals surface area contributed by atoms with E-state index in [1.807, 2.05) is 37.3 Å². The zero-order chi connectivity index (χ0) is 15.6. The van der Waals surface area contributed by atoms with Crippen LogP contribution in [0.25, 0.3) is 0 Å².